The van der Waals surface area contributed by atoms with E-state index in [1.165, 1.54) is 0 Å². The lowest BCUT2D eigenvalue weighted by Crippen LogP contribution is -2.64. The Hall–Kier alpha value is -1.88. The molecule has 0 spiro atoms. The molecule has 1 aromatic rings. The number of carbonyl (C=O) groups is 1. The van der Waals surface area contributed by atoms with Gasteiger partial charge in [0.1, 0.15) is 12.2 Å². The summed E-state index contributed by atoms with van der Waals surface area (Å²) in [5.41, 5.74) is -0.395. The number of carbonyl (C=O) groups excluding carboxylic acids is 1. The fourth-order valence-electron chi connectivity index (χ4n) is 7.21. The Labute approximate surface area is 222 Å². The molecule has 2 saturated carbocycles. The van der Waals surface area contributed by atoms with Crippen LogP contribution in [0.4, 0.5) is 18.0 Å². The average molecular weight is 539 g/mol. The van der Waals surface area contributed by atoms with Gasteiger partial charge in [0.2, 0.25) is 5.89 Å². The standard InChI is InChI=1S/C27H41F3N6O2/c1-16(2)35-12-17-14-36(15-18(17)13-35)21-5-4-6-27(29,30)22(21)31-25(37)34-9-7-26(3,8-10-34)24-32-23(38-33-24)19-11-20(19)28/h16-22H,4-15H2,1-3H3,(H,31,37)/t17?,18?,19-,20+,21+,22-/m1/s1. The summed E-state index contributed by atoms with van der Waals surface area (Å²) in [5, 5.41) is 6.89. The van der Waals surface area contributed by atoms with Crippen LogP contribution in [0.25, 0.3) is 0 Å². The van der Waals surface area contributed by atoms with Crippen molar-refractivity contribution >= 4 is 6.03 Å². The zero-order valence-electron chi connectivity index (χ0n) is 22.7. The van der Waals surface area contributed by atoms with E-state index < -0.39 is 29.6 Å². The van der Waals surface area contributed by atoms with Crippen molar-refractivity contribution in [3.63, 3.8) is 0 Å². The molecule has 0 bridgehead atoms. The van der Waals surface area contributed by atoms with Gasteiger partial charge in [0.05, 0.1) is 5.92 Å². The Morgan fingerprint density at radius 3 is 2.37 bits per heavy atom. The van der Waals surface area contributed by atoms with Crippen LogP contribution < -0.4 is 5.32 Å². The van der Waals surface area contributed by atoms with Crippen LogP contribution in [-0.2, 0) is 5.41 Å². The third kappa shape index (κ3) is 4.82. The van der Waals surface area contributed by atoms with Gasteiger partial charge < -0.3 is 19.6 Å². The van der Waals surface area contributed by atoms with E-state index >= 15 is 8.78 Å². The summed E-state index contributed by atoms with van der Waals surface area (Å²) in [6.07, 6.45) is 1.69. The first kappa shape index (κ1) is 26.3. The van der Waals surface area contributed by atoms with Gasteiger partial charge in [-0.15, -0.1) is 0 Å². The Morgan fingerprint density at radius 1 is 1.11 bits per heavy atom. The third-order valence-corrected chi connectivity index (χ3v) is 10.0. The first-order valence-corrected chi connectivity index (χ1v) is 14.4. The Bertz CT molecular complexity index is 1010. The molecule has 38 heavy (non-hydrogen) atoms. The quantitative estimate of drug-likeness (QED) is 0.615. The largest absolute Gasteiger partial charge is 0.339 e. The van der Waals surface area contributed by atoms with Crippen LogP contribution in [0.1, 0.15) is 76.9 Å². The number of aromatic nitrogens is 2. The Kier molecular flexibility index (Phi) is 6.69. The van der Waals surface area contributed by atoms with Crippen LogP contribution >= 0.6 is 0 Å². The van der Waals surface area contributed by atoms with Crippen LogP contribution in [-0.4, -0.2) is 100 Å². The number of alkyl halides is 3. The van der Waals surface area contributed by atoms with Gasteiger partial charge in [-0.25, -0.2) is 18.0 Å². The minimum Gasteiger partial charge on any atom is -0.339 e. The predicted octanol–water partition coefficient (Wildman–Crippen LogP) is 3.79. The highest BCUT2D eigenvalue weighted by Crippen LogP contribution is 2.44. The summed E-state index contributed by atoms with van der Waals surface area (Å²) in [6, 6.07) is -1.42. The second kappa shape index (κ2) is 9.64. The molecule has 1 N–H and O–H groups in total. The molecular formula is C27H41F3N6O2. The molecule has 2 aliphatic carbocycles. The van der Waals surface area contributed by atoms with Crippen LogP contribution in [0, 0.1) is 11.8 Å². The highest BCUT2D eigenvalue weighted by atomic mass is 19.3. The van der Waals surface area contributed by atoms with Gasteiger partial charge in [0.15, 0.2) is 5.82 Å². The van der Waals surface area contributed by atoms with Gasteiger partial charge in [-0.05, 0) is 57.8 Å². The lowest BCUT2D eigenvalue weighted by Gasteiger charge is -2.44. The van der Waals surface area contributed by atoms with Crippen LogP contribution in [0.15, 0.2) is 4.52 Å². The van der Waals surface area contributed by atoms with Crippen molar-refractivity contribution in [2.45, 2.75) is 101 Å². The van der Waals surface area contributed by atoms with Crippen molar-refractivity contribution in [1.29, 1.82) is 0 Å². The maximum absolute atomic E-state index is 15.3. The van der Waals surface area contributed by atoms with Gasteiger partial charge in [0.25, 0.3) is 5.92 Å². The summed E-state index contributed by atoms with van der Waals surface area (Å²) in [4.78, 5) is 24.1. The summed E-state index contributed by atoms with van der Waals surface area (Å²) in [7, 11) is 0. The molecule has 0 radical (unpaired) electrons. The molecule has 11 heteroatoms. The van der Waals surface area contributed by atoms with E-state index in [0.717, 1.165) is 26.2 Å². The van der Waals surface area contributed by atoms with Crippen molar-refractivity contribution in [2.75, 3.05) is 39.3 Å². The van der Waals surface area contributed by atoms with Gasteiger partial charge >= 0.3 is 6.03 Å². The zero-order valence-corrected chi connectivity index (χ0v) is 22.7. The predicted molar refractivity (Wildman–Crippen MR) is 135 cm³/mol. The molecule has 4 heterocycles. The summed E-state index contributed by atoms with van der Waals surface area (Å²) < 4.78 is 49.2. The fourth-order valence-corrected chi connectivity index (χ4v) is 7.21. The number of likely N-dealkylation sites (tertiary alicyclic amines) is 3. The van der Waals surface area contributed by atoms with E-state index in [4.69, 9.17) is 4.52 Å². The molecule has 3 aliphatic heterocycles. The number of urea groups is 1. The molecular weight excluding hydrogens is 497 g/mol. The van der Waals surface area contributed by atoms with E-state index in [1.54, 1.807) is 4.90 Å². The monoisotopic (exact) mass is 538 g/mol. The van der Waals surface area contributed by atoms with Crippen LogP contribution in [0.2, 0.25) is 0 Å². The molecule has 6 rings (SSSR count). The number of hydrogen-bond acceptors (Lipinski definition) is 6. The number of fused-ring (bicyclic) bond motifs is 1. The molecule has 0 aromatic carbocycles. The highest BCUT2D eigenvalue weighted by Gasteiger charge is 2.53. The van der Waals surface area contributed by atoms with Crippen molar-refractivity contribution in [3.05, 3.63) is 11.7 Å². The molecule has 2 unspecified atom stereocenters. The fraction of sp³-hybridized carbons (Fsp3) is 0.889. The first-order chi connectivity index (χ1) is 18.0. The number of hydrogen-bond donors (Lipinski definition) is 1. The molecule has 3 saturated heterocycles. The smallest absolute Gasteiger partial charge is 0.317 e. The third-order valence-electron chi connectivity index (χ3n) is 10.0. The minimum atomic E-state index is -2.93. The topological polar surface area (TPSA) is 77.7 Å². The lowest BCUT2D eigenvalue weighted by molar-refractivity contribution is -0.0904. The van der Waals surface area contributed by atoms with E-state index in [9.17, 15) is 9.18 Å². The number of nitrogens with zero attached hydrogens (tertiary/aromatic N) is 5. The van der Waals surface area contributed by atoms with Gasteiger partial charge in [0, 0.05) is 63.2 Å². The van der Waals surface area contributed by atoms with Gasteiger partial charge in [-0.1, -0.05) is 12.1 Å². The van der Waals surface area contributed by atoms with E-state index in [0.29, 0.717) is 74.8 Å². The normalized spacial score (nSPS) is 37.0. The maximum atomic E-state index is 15.3. The summed E-state index contributed by atoms with van der Waals surface area (Å²) in [5.74, 6) is -1.29. The Morgan fingerprint density at radius 2 is 1.76 bits per heavy atom. The zero-order chi connectivity index (χ0) is 26.8. The van der Waals surface area contributed by atoms with Crippen molar-refractivity contribution < 1.29 is 22.5 Å². The number of amides is 2. The SMILES string of the molecule is CC(C)N1CC2CN([C@H]3CCCC(F)(F)[C@@H]3NC(=O)N3CCC(C)(c4noc([C@@H]5C[C@@H]5F)n4)CC3)CC2C1. The van der Waals surface area contributed by atoms with Crippen LogP contribution in [0.3, 0.4) is 0 Å². The summed E-state index contributed by atoms with van der Waals surface area (Å²) >= 11 is 0. The van der Waals surface area contributed by atoms with Crippen LogP contribution in [0.5, 0.6) is 0 Å². The molecule has 6 atom stereocenters. The number of nitrogens with one attached hydrogen (secondary N) is 1. The van der Waals surface area contributed by atoms with E-state index in [2.05, 4.69) is 39.1 Å². The first-order valence-electron chi connectivity index (χ1n) is 14.4. The second-order valence-corrected chi connectivity index (χ2v) is 13.0. The second-order valence-electron chi connectivity index (χ2n) is 13.0. The molecule has 8 nitrogen and oxygen atoms in total. The summed E-state index contributed by atoms with van der Waals surface area (Å²) in [6.45, 7) is 11.0. The van der Waals surface area contributed by atoms with Crippen molar-refractivity contribution in [2.24, 2.45) is 11.8 Å². The number of halogens is 3. The number of rotatable bonds is 5. The van der Waals surface area contributed by atoms with Gasteiger partial charge in [-0.3, -0.25) is 4.90 Å². The highest BCUT2D eigenvalue weighted by molar-refractivity contribution is 5.75. The van der Waals surface area contributed by atoms with Crippen molar-refractivity contribution in [3.8, 4) is 0 Å². The number of piperidine rings is 1. The average Bonchev–Trinajstić information content (AvgIpc) is 3.25. The minimum absolute atomic E-state index is 0.185. The Balaban J connectivity index is 1.07. The van der Waals surface area contributed by atoms with E-state index in [1.807, 2.05) is 6.92 Å². The lowest BCUT2D eigenvalue weighted by atomic mass is 9.79. The van der Waals surface area contributed by atoms with Crippen molar-refractivity contribution in [1.82, 2.24) is 30.2 Å². The van der Waals surface area contributed by atoms with Gasteiger partial charge in [-0.2, -0.15) is 4.98 Å². The molecule has 2 amide bonds. The molecule has 5 fully saturated rings. The maximum Gasteiger partial charge on any atom is 0.317 e. The molecule has 1 aromatic heterocycles. The molecule has 212 valence electrons. The van der Waals surface area contributed by atoms with E-state index in [-0.39, 0.29) is 18.4 Å². The molecule has 5 aliphatic rings.